The van der Waals surface area contributed by atoms with Crippen molar-refractivity contribution in [3.8, 4) is 0 Å². The monoisotopic (exact) mass is 359 g/mol. The minimum atomic E-state index is 0.595. The molecule has 26 heavy (non-hydrogen) atoms. The lowest BCUT2D eigenvalue weighted by Gasteiger charge is -2.36. The smallest absolute Gasteiger partial charge is 0.188 e. The van der Waals surface area contributed by atoms with Gasteiger partial charge in [-0.3, -0.25) is 9.89 Å². The van der Waals surface area contributed by atoms with E-state index in [1.807, 2.05) is 0 Å². The molecule has 146 valence electrons. The van der Waals surface area contributed by atoms with E-state index in [9.17, 15) is 0 Å². The van der Waals surface area contributed by atoms with Crippen molar-refractivity contribution in [3.63, 3.8) is 0 Å². The molecule has 1 fully saturated rings. The van der Waals surface area contributed by atoms with Crippen LogP contribution >= 0.6 is 0 Å². The second-order valence-electron chi connectivity index (χ2n) is 7.75. The first-order valence-corrected chi connectivity index (χ1v) is 10.1. The van der Waals surface area contributed by atoms with Crippen LogP contribution in [0.2, 0.25) is 0 Å². The summed E-state index contributed by atoms with van der Waals surface area (Å²) in [7, 11) is 0. The standard InChI is InChI=1S/C21H37N5/c1-18(2)9-11-24-21(22)23-10-4-5-12-25-13-15-26(16-14-25)20-8-6-7-19(3)17-20/h6-8,17-18H,4-5,9-16H2,1-3H3,(H3,22,23,24). The highest BCUT2D eigenvalue weighted by atomic mass is 15.3. The van der Waals surface area contributed by atoms with Gasteiger partial charge in [0.05, 0.1) is 0 Å². The van der Waals surface area contributed by atoms with Crippen LogP contribution in [0, 0.1) is 12.8 Å². The van der Waals surface area contributed by atoms with Gasteiger partial charge in [0, 0.05) is 45.0 Å². The van der Waals surface area contributed by atoms with Crippen LogP contribution in [0.1, 0.15) is 38.7 Å². The van der Waals surface area contributed by atoms with Gasteiger partial charge in [-0.2, -0.15) is 0 Å². The normalized spacial score (nSPS) is 16.3. The van der Waals surface area contributed by atoms with Crippen LogP contribution in [0.25, 0.3) is 0 Å². The third kappa shape index (κ3) is 7.65. The maximum atomic E-state index is 5.89. The van der Waals surface area contributed by atoms with Crippen molar-refractivity contribution in [1.29, 1.82) is 0 Å². The van der Waals surface area contributed by atoms with Crippen LogP contribution in [-0.4, -0.2) is 56.7 Å². The Balaban J connectivity index is 1.56. The zero-order valence-electron chi connectivity index (χ0n) is 16.9. The molecule has 1 heterocycles. The summed E-state index contributed by atoms with van der Waals surface area (Å²) in [5, 5.41) is 3.19. The van der Waals surface area contributed by atoms with Crippen LogP contribution in [0.5, 0.6) is 0 Å². The predicted octanol–water partition coefficient (Wildman–Crippen LogP) is 2.85. The number of hydrogen-bond acceptors (Lipinski definition) is 3. The van der Waals surface area contributed by atoms with Crippen LogP contribution in [-0.2, 0) is 0 Å². The van der Waals surface area contributed by atoms with Crippen molar-refractivity contribution >= 4 is 11.6 Å². The third-order valence-electron chi connectivity index (χ3n) is 4.93. The number of aryl methyl sites for hydroxylation is 1. The van der Waals surface area contributed by atoms with Gasteiger partial charge in [-0.15, -0.1) is 0 Å². The van der Waals surface area contributed by atoms with Crippen LogP contribution in [0.15, 0.2) is 29.3 Å². The number of unbranched alkanes of at least 4 members (excludes halogenated alkanes) is 1. The fourth-order valence-electron chi connectivity index (χ4n) is 3.25. The molecule has 0 amide bonds. The Kier molecular flexibility index (Phi) is 8.75. The quantitative estimate of drug-likeness (QED) is 0.404. The van der Waals surface area contributed by atoms with E-state index < -0.39 is 0 Å². The van der Waals surface area contributed by atoms with E-state index in [1.165, 1.54) is 17.7 Å². The summed E-state index contributed by atoms with van der Waals surface area (Å²) >= 11 is 0. The van der Waals surface area contributed by atoms with Gasteiger partial charge in [0.15, 0.2) is 5.96 Å². The maximum Gasteiger partial charge on any atom is 0.188 e. The number of aliphatic imine (C=N–C) groups is 1. The van der Waals surface area contributed by atoms with Gasteiger partial charge in [-0.05, 0) is 56.3 Å². The van der Waals surface area contributed by atoms with Crippen molar-refractivity contribution in [2.75, 3.05) is 50.7 Å². The molecule has 1 aliphatic heterocycles. The Morgan fingerprint density at radius 3 is 2.65 bits per heavy atom. The fourth-order valence-corrected chi connectivity index (χ4v) is 3.25. The SMILES string of the molecule is Cc1cccc(N2CCN(CCCCN=C(N)NCCC(C)C)CC2)c1. The van der Waals surface area contributed by atoms with Gasteiger partial charge in [0.25, 0.3) is 0 Å². The maximum absolute atomic E-state index is 5.89. The molecule has 5 heteroatoms. The Morgan fingerprint density at radius 2 is 1.96 bits per heavy atom. The summed E-state index contributed by atoms with van der Waals surface area (Å²) in [6, 6.07) is 8.82. The summed E-state index contributed by atoms with van der Waals surface area (Å²) in [6.45, 7) is 14.0. The largest absolute Gasteiger partial charge is 0.370 e. The van der Waals surface area contributed by atoms with Crippen molar-refractivity contribution in [1.82, 2.24) is 10.2 Å². The molecule has 0 aliphatic carbocycles. The summed E-state index contributed by atoms with van der Waals surface area (Å²) in [6.07, 6.45) is 3.42. The fraction of sp³-hybridized carbons (Fsp3) is 0.667. The first-order valence-electron chi connectivity index (χ1n) is 10.1. The van der Waals surface area contributed by atoms with E-state index in [4.69, 9.17) is 5.73 Å². The number of rotatable bonds is 9. The highest BCUT2D eigenvalue weighted by Crippen LogP contribution is 2.17. The molecule has 0 atom stereocenters. The molecule has 0 bridgehead atoms. The van der Waals surface area contributed by atoms with Crippen LogP contribution in [0.3, 0.4) is 0 Å². The Labute approximate surface area is 159 Å². The van der Waals surface area contributed by atoms with Gasteiger partial charge in [0.1, 0.15) is 0 Å². The Bertz CT molecular complexity index is 547. The summed E-state index contributed by atoms with van der Waals surface area (Å²) in [5.41, 5.74) is 8.59. The van der Waals surface area contributed by atoms with E-state index in [0.717, 1.165) is 58.7 Å². The number of hydrogen-bond donors (Lipinski definition) is 2. The molecule has 3 N–H and O–H groups in total. The molecule has 0 unspecified atom stereocenters. The zero-order valence-corrected chi connectivity index (χ0v) is 16.9. The van der Waals surface area contributed by atoms with Crippen LogP contribution in [0.4, 0.5) is 5.69 Å². The molecule has 5 nitrogen and oxygen atoms in total. The summed E-state index contributed by atoms with van der Waals surface area (Å²) in [4.78, 5) is 9.49. The van der Waals surface area contributed by atoms with Crippen molar-refractivity contribution in [2.45, 2.75) is 40.0 Å². The van der Waals surface area contributed by atoms with Gasteiger partial charge in [-0.1, -0.05) is 26.0 Å². The van der Waals surface area contributed by atoms with Gasteiger partial charge in [0.2, 0.25) is 0 Å². The van der Waals surface area contributed by atoms with Gasteiger partial charge < -0.3 is 16.0 Å². The zero-order chi connectivity index (χ0) is 18.8. The molecule has 1 aromatic carbocycles. The summed E-state index contributed by atoms with van der Waals surface area (Å²) < 4.78 is 0. The number of piperazine rings is 1. The molecular formula is C21H37N5. The topological polar surface area (TPSA) is 56.9 Å². The second-order valence-corrected chi connectivity index (χ2v) is 7.75. The molecule has 0 spiro atoms. The van der Waals surface area contributed by atoms with E-state index in [0.29, 0.717) is 11.9 Å². The lowest BCUT2D eigenvalue weighted by Crippen LogP contribution is -2.46. The second kappa shape index (κ2) is 11.1. The Hall–Kier alpha value is -1.75. The molecule has 0 aromatic heterocycles. The minimum absolute atomic E-state index is 0.595. The molecule has 1 aromatic rings. The molecule has 0 radical (unpaired) electrons. The van der Waals surface area contributed by atoms with Crippen molar-refractivity contribution in [2.24, 2.45) is 16.6 Å². The lowest BCUT2D eigenvalue weighted by molar-refractivity contribution is 0.253. The molecule has 0 saturated carbocycles. The lowest BCUT2D eigenvalue weighted by atomic mass is 10.1. The van der Waals surface area contributed by atoms with Gasteiger partial charge in [-0.25, -0.2) is 0 Å². The number of benzene rings is 1. The number of guanidine groups is 1. The Morgan fingerprint density at radius 1 is 1.19 bits per heavy atom. The van der Waals surface area contributed by atoms with Crippen molar-refractivity contribution < 1.29 is 0 Å². The highest BCUT2D eigenvalue weighted by Gasteiger charge is 2.16. The molecule has 2 rings (SSSR count). The molecule has 1 aliphatic rings. The first kappa shape index (κ1) is 20.6. The average molecular weight is 360 g/mol. The number of nitrogens with zero attached hydrogens (tertiary/aromatic N) is 3. The number of nitrogens with one attached hydrogen (secondary N) is 1. The summed E-state index contributed by atoms with van der Waals surface area (Å²) in [5.74, 6) is 1.29. The van der Waals surface area contributed by atoms with E-state index in [-0.39, 0.29) is 0 Å². The molecule has 1 saturated heterocycles. The third-order valence-corrected chi connectivity index (χ3v) is 4.93. The van der Waals surface area contributed by atoms with E-state index in [1.54, 1.807) is 0 Å². The first-order chi connectivity index (χ1) is 12.5. The van der Waals surface area contributed by atoms with Gasteiger partial charge >= 0.3 is 0 Å². The average Bonchev–Trinajstić information content (AvgIpc) is 2.61. The minimum Gasteiger partial charge on any atom is -0.370 e. The van der Waals surface area contributed by atoms with Crippen LogP contribution < -0.4 is 16.0 Å². The predicted molar refractivity (Wildman–Crippen MR) is 113 cm³/mol. The number of anilines is 1. The molecular weight excluding hydrogens is 322 g/mol. The van der Waals surface area contributed by atoms with E-state index in [2.05, 4.69) is 65.1 Å². The highest BCUT2D eigenvalue weighted by molar-refractivity contribution is 5.77. The van der Waals surface area contributed by atoms with Crippen molar-refractivity contribution in [3.05, 3.63) is 29.8 Å². The number of nitrogens with two attached hydrogens (primary N) is 1. The van der Waals surface area contributed by atoms with E-state index >= 15 is 0 Å².